The molecule has 0 saturated carbocycles. The van der Waals surface area contributed by atoms with E-state index in [4.69, 9.17) is 0 Å². The third-order valence-corrected chi connectivity index (χ3v) is 2.26. The first-order chi connectivity index (χ1) is 8.02. The molecule has 3 N–H and O–H groups in total. The predicted octanol–water partition coefficient (Wildman–Crippen LogP) is 1.69. The summed E-state index contributed by atoms with van der Waals surface area (Å²) in [6.45, 7) is 11.4. The maximum absolute atomic E-state index is 9.32. The number of rotatable bonds is 8. The van der Waals surface area contributed by atoms with Crippen molar-refractivity contribution >= 4 is 7.12 Å². The van der Waals surface area contributed by atoms with E-state index in [1.165, 1.54) is 0 Å². The van der Waals surface area contributed by atoms with Crippen LogP contribution in [0.4, 0.5) is 0 Å². The Morgan fingerprint density at radius 2 is 2.06 bits per heavy atom. The fraction of sp³-hybridized carbons (Fsp3) is 0.538. The van der Waals surface area contributed by atoms with Gasteiger partial charge in [0.25, 0.3) is 0 Å². The van der Waals surface area contributed by atoms with Gasteiger partial charge in [0.2, 0.25) is 0 Å². The van der Waals surface area contributed by atoms with E-state index in [1.54, 1.807) is 12.2 Å². The average Bonchev–Trinajstić information content (AvgIpc) is 2.24. The van der Waals surface area contributed by atoms with Crippen LogP contribution in [0.1, 0.15) is 27.2 Å². The molecule has 0 aromatic rings. The molecule has 3 nitrogen and oxygen atoms in total. The largest absolute Gasteiger partial charge is 0.488 e. The quantitative estimate of drug-likeness (QED) is 0.445. The summed E-state index contributed by atoms with van der Waals surface area (Å²) in [6.07, 6.45) is 6.08. The van der Waals surface area contributed by atoms with Crippen LogP contribution in [0.15, 0.2) is 35.9 Å². The zero-order chi connectivity index (χ0) is 13.3. The summed E-state index contributed by atoms with van der Waals surface area (Å²) in [6, 6.07) is 0. The topological polar surface area (TPSA) is 52.5 Å². The molecule has 0 aliphatic carbocycles. The Kier molecular flexibility index (Phi) is 8.77. The van der Waals surface area contributed by atoms with E-state index in [0.717, 1.165) is 18.5 Å². The molecular formula is C13H24BNO2. The third-order valence-electron chi connectivity index (χ3n) is 2.26. The van der Waals surface area contributed by atoms with Gasteiger partial charge in [-0.05, 0) is 29.9 Å². The second kappa shape index (κ2) is 9.22. The van der Waals surface area contributed by atoms with Gasteiger partial charge in [-0.3, -0.25) is 0 Å². The van der Waals surface area contributed by atoms with E-state index in [1.807, 2.05) is 13.0 Å². The maximum Gasteiger partial charge on any atom is 0.488 e. The van der Waals surface area contributed by atoms with Gasteiger partial charge in [-0.15, -0.1) is 0 Å². The van der Waals surface area contributed by atoms with Crippen LogP contribution in [0.25, 0.3) is 0 Å². The van der Waals surface area contributed by atoms with Gasteiger partial charge in [0.05, 0.1) is 0 Å². The molecule has 0 heterocycles. The lowest BCUT2D eigenvalue weighted by Gasteiger charge is -2.13. The van der Waals surface area contributed by atoms with Gasteiger partial charge in [0, 0.05) is 6.54 Å². The molecule has 4 heteroatoms. The van der Waals surface area contributed by atoms with Crippen molar-refractivity contribution in [1.29, 1.82) is 0 Å². The fourth-order valence-corrected chi connectivity index (χ4v) is 1.52. The number of hydrogen-bond donors (Lipinski definition) is 3. The van der Waals surface area contributed by atoms with Crippen LogP contribution >= 0.6 is 0 Å². The molecule has 0 aromatic carbocycles. The molecule has 0 aliphatic rings. The molecular weight excluding hydrogens is 213 g/mol. The second-order valence-electron chi connectivity index (χ2n) is 4.39. The summed E-state index contributed by atoms with van der Waals surface area (Å²) in [5.74, 6) is 0.573. The Hall–Kier alpha value is -0.835. The first-order valence-corrected chi connectivity index (χ1v) is 6.11. The van der Waals surface area contributed by atoms with Crippen LogP contribution < -0.4 is 5.32 Å². The first-order valence-electron chi connectivity index (χ1n) is 6.11. The minimum Gasteiger partial charge on any atom is -0.423 e. The maximum atomic E-state index is 9.32. The SMILES string of the molecule is C=C/C=C(B(O)O)\C(=C/CC)CNCC(C)C. The van der Waals surface area contributed by atoms with Gasteiger partial charge in [-0.2, -0.15) is 0 Å². The lowest BCUT2D eigenvalue weighted by atomic mass is 9.74. The van der Waals surface area contributed by atoms with Crippen molar-refractivity contribution < 1.29 is 10.0 Å². The van der Waals surface area contributed by atoms with Crippen molar-refractivity contribution in [3.63, 3.8) is 0 Å². The smallest absolute Gasteiger partial charge is 0.423 e. The fourth-order valence-electron chi connectivity index (χ4n) is 1.52. The van der Waals surface area contributed by atoms with Crippen molar-refractivity contribution in [3.8, 4) is 0 Å². The molecule has 0 aromatic heterocycles. The van der Waals surface area contributed by atoms with E-state index < -0.39 is 7.12 Å². The lowest BCUT2D eigenvalue weighted by molar-refractivity contribution is 0.419. The standard InChI is InChI=1S/C13H24BNO2/c1-5-7-12(10-15-9-11(3)4)13(8-6-2)14(16)17/h6-8,11,15-17H,2,5,9-10H2,1,3-4H3/b12-7-,13-8+. The van der Waals surface area contributed by atoms with E-state index in [-0.39, 0.29) is 0 Å². The lowest BCUT2D eigenvalue weighted by Crippen LogP contribution is -2.26. The highest BCUT2D eigenvalue weighted by atomic mass is 16.4. The molecule has 0 bridgehead atoms. The molecule has 0 rings (SSSR count). The van der Waals surface area contributed by atoms with Crippen molar-refractivity contribution in [2.75, 3.05) is 13.1 Å². The van der Waals surface area contributed by atoms with Crippen LogP contribution in [-0.4, -0.2) is 30.3 Å². The summed E-state index contributed by atoms with van der Waals surface area (Å²) in [5.41, 5.74) is 1.43. The average molecular weight is 237 g/mol. The highest BCUT2D eigenvalue weighted by Crippen LogP contribution is 2.12. The van der Waals surface area contributed by atoms with Crippen LogP contribution in [0.2, 0.25) is 0 Å². The number of nitrogens with one attached hydrogen (secondary N) is 1. The van der Waals surface area contributed by atoms with Crippen molar-refractivity contribution in [2.45, 2.75) is 27.2 Å². The van der Waals surface area contributed by atoms with Crippen LogP contribution in [0, 0.1) is 5.92 Å². The summed E-state index contributed by atoms with van der Waals surface area (Å²) in [7, 11) is -1.45. The molecule has 0 radical (unpaired) electrons. The molecule has 0 amide bonds. The monoisotopic (exact) mass is 237 g/mol. The Bertz CT molecular complexity index is 283. The minimum atomic E-state index is -1.45. The third kappa shape index (κ3) is 7.16. The Morgan fingerprint density at radius 3 is 2.47 bits per heavy atom. The molecule has 0 fully saturated rings. The Labute approximate surface area is 105 Å². The van der Waals surface area contributed by atoms with E-state index >= 15 is 0 Å². The summed E-state index contributed by atoms with van der Waals surface area (Å²) < 4.78 is 0. The molecule has 0 atom stereocenters. The van der Waals surface area contributed by atoms with Crippen molar-refractivity contribution in [3.05, 3.63) is 35.9 Å². The molecule has 17 heavy (non-hydrogen) atoms. The van der Waals surface area contributed by atoms with Gasteiger partial charge < -0.3 is 15.4 Å². The van der Waals surface area contributed by atoms with E-state index in [9.17, 15) is 10.0 Å². The van der Waals surface area contributed by atoms with Gasteiger partial charge >= 0.3 is 7.12 Å². The molecule has 96 valence electrons. The molecule has 0 unspecified atom stereocenters. The zero-order valence-corrected chi connectivity index (χ0v) is 11.1. The summed E-state index contributed by atoms with van der Waals surface area (Å²) in [4.78, 5) is 0. The Morgan fingerprint density at radius 1 is 1.41 bits per heavy atom. The second-order valence-corrected chi connectivity index (χ2v) is 4.39. The minimum absolute atomic E-state index is 0.512. The summed E-state index contributed by atoms with van der Waals surface area (Å²) in [5, 5.41) is 21.9. The van der Waals surface area contributed by atoms with Crippen LogP contribution in [0.5, 0.6) is 0 Å². The van der Waals surface area contributed by atoms with Crippen molar-refractivity contribution in [2.24, 2.45) is 5.92 Å². The van der Waals surface area contributed by atoms with Crippen molar-refractivity contribution in [1.82, 2.24) is 5.32 Å². The van der Waals surface area contributed by atoms with Gasteiger partial charge in [-0.1, -0.05) is 45.6 Å². The number of hydrogen-bond acceptors (Lipinski definition) is 3. The Balaban J connectivity index is 4.65. The van der Waals surface area contributed by atoms with Crippen LogP contribution in [0.3, 0.4) is 0 Å². The highest BCUT2D eigenvalue weighted by molar-refractivity contribution is 6.52. The predicted molar refractivity (Wildman–Crippen MR) is 74.6 cm³/mol. The molecule has 0 aliphatic heterocycles. The van der Waals surface area contributed by atoms with Gasteiger partial charge in [0.15, 0.2) is 0 Å². The van der Waals surface area contributed by atoms with Gasteiger partial charge in [-0.25, -0.2) is 0 Å². The highest BCUT2D eigenvalue weighted by Gasteiger charge is 2.17. The molecule has 0 spiro atoms. The normalized spacial score (nSPS) is 13.1. The summed E-state index contributed by atoms with van der Waals surface area (Å²) >= 11 is 0. The first kappa shape index (κ1) is 16.2. The van der Waals surface area contributed by atoms with E-state index in [2.05, 4.69) is 25.7 Å². The van der Waals surface area contributed by atoms with E-state index in [0.29, 0.717) is 17.9 Å². The zero-order valence-electron chi connectivity index (χ0n) is 11.1. The van der Waals surface area contributed by atoms with Gasteiger partial charge in [0.1, 0.15) is 0 Å². The molecule has 0 saturated heterocycles. The number of allylic oxidation sites excluding steroid dienone is 3. The van der Waals surface area contributed by atoms with Crippen LogP contribution in [-0.2, 0) is 0 Å².